The van der Waals surface area contributed by atoms with Gasteiger partial charge in [0.25, 0.3) is 0 Å². The van der Waals surface area contributed by atoms with Crippen molar-refractivity contribution in [2.45, 2.75) is 13.8 Å². The molecule has 0 amide bonds. The number of anilines is 1. The molecule has 0 aliphatic heterocycles. The van der Waals surface area contributed by atoms with E-state index in [1.165, 1.54) is 5.56 Å². The van der Waals surface area contributed by atoms with Gasteiger partial charge in [-0.3, -0.25) is 5.43 Å². The van der Waals surface area contributed by atoms with Gasteiger partial charge in [0.15, 0.2) is 0 Å². The molecule has 88 valence electrons. The Labute approximate surface area is 99.6 Å². The van der Waals surface area contributed by atoms with Crippen molar-refractivity contribution in [3.05, 3.63) is 41.6 Å². The number of hydrogen-bond donors (Lipinski definition) is 2. The van der Waals surface area contributed by atoms with Crippen LogP contribution in [0.2, 0.25) is 0 Å². The first kappa shape index (κ1) is 11.3. The van der Waals surface area contributed by atoms with Crippen molar-refractivity contribution < 1.29 is 4.74 Å². The Bertz CT molecular complexity index is 510. The van der Waals surface area contributed by atoms with Crippen LogP contribution in [0.15, 0.2) is 30.3 Å². The van der Waals surface area contributed by atoms with E-state index in [1.54, 1.807) is 6.07 Å². The van der Waals surface area contributed by atoms with Crippen LogP contribution in [0.25, 0.3) is 0 Å². The minimum Gasteiger partial charge on any atom is -0.439 e. The molecule has 0 fully saturated rings. The van der Waals surface area contributed by atoms with E-state index in [2.05, 4.69) is 15.4 Å². The Morgan fingerprint density at radius 2 is 1.82 bits per heavy atom. The van der Waals surface area contributed by atoms with E-state index in [4.69, 9.17) is 10.6 Å². The highest BCUT2D eigenvalue weighted by molar-refractivity contribution is 5.33. The molecule has 1 heterocycles. The second kappa shape index (κ2) is 4.80. The van der Waals surface area contributed by atoms with Gasteiger partial charge in [-0.15, -0.1) is 0 Å². The zero-order valence-corrected chi connectivity index (χ0v) is 9.77. The smallest absolute Gasteiger partial charge is 0.240 e. The summed E-state index contributed by atoms with van der Waals surface area (Å²) in [6.07, 6.45) is 0. The van der Waals surface area contributed by atoms with Crippen molar-refractivity contribution in [1.82, 2.24) is 9.97 Å². The van der Waals surface area contributed by atoms with E-state index >= 15 is 0 Å². The van der Waals surface area contributed by atoms with Crippen LogP contribution in [0, 0.1) is 13.8 Å². The number of hydrazine groups is 1. The summed E-state index contributed by atoms with van der Waals surface area (Å²) < 4.78 is 5.61. The number of rotatable bonds is 3. The molecule has 0 spiro atoms. The van der Waals surface area contributed by atoms with Gasteiger partial charge in [0.2, 0.25) is 11.8 Å². The quantitative estimate of drug-likeness (QED) is 0.624. The maximum Gasteiger partial charge on any atom is 0.240 e. The molecule has 1 aromatic carbocycles. The van der Waals surface area contributed by atoms with Crippen LogP contribution in [0.4, 0.5) is 5.95 Å². The van der Waals surface area contributed by atoms with Crippen LogP contribution in [0.5, 0.6) is 11.6 Å². The second-order valence-electron chi connectivity index (χ2n) is 3.73. The molecule has 0 saturated carbocycles. The summed E-state index contributed by atoms with van der Waals surface area (Å²) in [6.45, 7) is 3.87. The van der Waals surface area contributed by atoms with Crippen LogP contribution in [0.3, 0.4) is 0 Å². The van der Waals surface area contributed by atoms with Crippen LogP contribution in [0.1, 0.15) is 11.3 Å². The molecule has 2 aromatic rings. The number of hydrogen-bond acceptors (Lipinski definition) is 5. The molecule has 5 nitrogen and oxygen atoms in total. The Morgan fingerprint density at radius 3 is 2.47 bits per heavy atom. The summed E-state index contributed by atoms with van der Waals surface area (Å²) in [7, 11) is 0. The van der Waals surface area contributed by atoms with Crippen molar-refractivity contribution in [3.8, 4) is 11.6 Å². The number of benzene rings is 1. The fraction of sp³-hybridized carbons (Fsp3) is 0.167. The highest BCUT2D eigenvalue weighted by atomic mass is 16.5. The van der Waals surface area contributed by atoms with E-state index in [-0.39, 0.29) is 0 Å². The monoisotopic (exact) mass is 230 g/mol. The van der Waals surface area contributed by atoms with E-state index in [0.717, 1.165) is 11.4 Å². The average Bonchev–Trinajstić information content (AvgIpc) is 2.31. The molecule has 0 aliphatic rings. The van der Waals surface area contributed by atoms with Gasteiger partial charge in [-0.1, -0.05) is 17.7 Å². The van der Waals surface area contributed by atoms with Crippen LogP contribution in [-0.4, -0.2) is 9.97 Å². The summed E-state index contributed by atoms with van der Waals surface area (Å²) in [5.41, 5.74) is 4.37. The van der Waals surface area contributed by atoms with E-state index in [0.29, 0.717) is 11.8 Å². The first-order chi connectivity index (χ1) is 8.17. The number of aryl methyl sites for hydroxylation is 2. The molecule has 0 aliphatic carbocycles. The number of aromatic nitrogens is 2. The number of ether oxygens (including phenoxy) is 1. The fourth-order valence-corrected chi connectivity index (χ4v) is 1.38. The summed E-state index contributed by atoms with van der Waals surface area (Å²) in [5, 5.41) is 0. The molecule has 5 heteroatoms. The molecule has 0 unspecified atom stereocenters. The summed E-state index contributed by atoms with van der Waals surface area (Å²) in [4.78, 5) is 8.18. The SMILES string of the molecule is Cc1ccc(Oc2cc(C)nc(NN)n2)cc1. The lowest BCUT2D eigenvalue weighted by Crippen LogP contribution is -2.11. The van der Waals surface area contributed by atoms with E-state index in [1.807, 2.05) is 38.1 Å². The molecule has 1 aromatic heterocycles. The molecule has 0 bridgehead atoms. The van der Waals surface area contributed by atoms with Gasteiger partial charge >= 0.3 is 0 Å². The molecule has 0 radical (unpaired) electrons. The number of nitrogens with two attached hydrogens (primary N) is 1. The van der Waals surface area contributed by atoms with Gasteiger partial charge in [0, 0.05) is 11.8 Å². The highest BCUT2D eigenvalue weighted by Gasteiger charge is 2.03. The van der Waals surface area contributed by atoms with Crippen LogP contribution in [-0.2, 0) is 0 Å². The van der Waals surface area contributed by atoms with Gasteiger partial charge < -0.3 is 4.74 Å². The number of nitrogens with one attached hydrogen (secondary N) is 1. The zero-order chi connectivity index (χ0) is 12.3. The van der Waals surface area contributed by atoms with E-state index < -0.39 is 0 Å². The minimum absolute atomic E-state index is 0.340. The highest BCUT2D eigenvalue weighted by Crippen LogP contribution is 2.21. The van der Waals surface area contributed by atoms with Crippen LogP contribution >= 0.6 is 0 Å². The fourth-order valence-electron chi connectivity index (χ4n) is 1.38. The zero-order valence-electron chi connectivity index (χ0n) is 9.77. The third kappa shape index (κ3) is 2.92. The molecular weight excluding hydrogens is 216 g/mol. The Kier molecular flexibility index (Phi) is 3.20. The Morgan fingerprint density at radius 1 is 1.12 bits per heavy atom. The topological polar surface area (TPSA) is 73.1 Å². The molecule has 3 N–H and O–H groups in total. The van der Waals surface area contributed by atoms with Crippen molar-refractivity contribution in [2.75, 3.05) is 5.43 Å². The van der Waals surface area contributed by atoms with Crippen molar-refractivity contribution in [3.63, 3.8) is 0 Å². The summed E-state index contributed by atoms with van der Waals surface area (Å²) >= 11 is 0. The first-order valence-corrected chi connectivity index (χ1v) is 5.24. The first-order valence-electron chi connectivity index (χ1n) is 5.24. The normalized spacial score (nSPS) is 10.1. The predicted molar refractivity (Wildman–Crippen MR) is 65.8 cm³/mol. The number of nitrogens with zero attached hydrogens (tertiary/aromatic N) is 2. The number of nitrogen functional groups attached to an aromatic ring is 1. The molecule has 17 heavy (non-hydrogen) atoms. The molecule has 2 rings (SSSR count). The predicted octanol–water partition coefficient (Wildman–Crippen LogP) is 2.17. The third-order valence-electron chi connectivity index (χ3n) is 2.20. The van der Waals surface area contributed by atoms with Gasteiger partial charge in [-0.25, -0.2) is 10.8 Å². The van der Waals surface area contributed by atoms with Gasteiger partial charge in [-0.2, -0.15) is 4.98 Å². The minimum atomic E-state index is 0.340. The molecule has 0 saturated heterocycles. The van der Waals surface area contributed by atoms with Gasteiger partial charge in [-0.05, 0) is 26.0 Å². The standard InChI is InChI=1S/C12H14N4O/c1-8-3-5-10(6-4-8)17-11-7-9(2)14-12(15-11)16-13/h3-7H,13H2,1-2H3,(H,14,15,16). The lowest BCUT2D eigenvalue weighted by atomic mass is 10.2. The van der Waals surface area contributed by atoms with Gasteiger partial charge in [0.05, 0.1) is 0 Å². The maximum atomic E-state index is 5.61. The van der Waals surface area contributed by atoms with Crippen molar-refractivity contribution >= 4 is 5.95 Å². The molecular formula is C12H14N4O. The summed E-state index contributed by atoms with van der Waals surface area (Å²) in [6, 6.07) is 9.49. The van der Waals surface area contributed by atoms with Crippen molar-refractivity contribution in [1.29, 1.82) is 0 Å². The summed E-state index contributed by atoms with van der Waals surface area (Å²) in [5.74, 6) is 6.81. The average molecular weight is 230 g/mol. The molecule has 0 atom stereocenters. The maximum absolute atomic E-state index is 5.61. The van der Waals surface area contributed by atoms with Crippen molar-refractivity contribution in [2.24, 2.45) is 5.84 Å². The Balaban J connectivity index is 2.23. The lowest BCUT2D eigenvalue weighted by molar-refractivity contribution is 0.461. The Hall–Kier alpha value is -2.14. The van der Waals surface area contributed by atoms with Crippen LogP contribution < -0.4 is 16.0 Å². The van der Waals surface area contributed by atoms with E-state index in [9.17, 15) is 0 Å². The largest absolute Gasteiger partial charge is 0.439 e. The lowest BCUT2D eigenvalue weighted by Gasteiger charge is -2.07. The third-order valence-corrected chi connectivity index (χ3v) is 2.20. The van der Waals surface area contributed by atoms with Gasteiger partial charge in [0.1, 0.15) is 5.75 Å². The second-order valence-corrected chi connectivity index (χ2v) is 3.73.